The fourth-order valence-electron chi connectivity index (χ4n) is 2.32. The number of rotatable bonds is 3. The summed E-state index contributed by atoms with van der Waals surface area (Å²) in [6.07, 6.45) is 1.73. The van der Waals surface area contributed by atoms with Crippen LogP contribution in [0.3, 0.4) is 0 Å². The van der Waals surface area contributed by atoms with Gasteiger partial charge in [0.2, 0.25) is 5.01 Å². The molecule has 8 nitrogen and oxygen atoms in total. The quantitative estimate of drug-likeness (QED) is 0.843. The molecule has 0 aromatic carbocycles. The Morgan fingerprint density at radius 2 is 2.24 bits per heavy atom. The summed E-state index contributed by atoms with van der Waals surface area (Å²) >= 11 is 1.30. The molecule has 2 aromatic rings. The lowest BCUT2D eigenvalue weighted by molar-refractivity contribution is 0.0709. The molecule has 0 spiro atoms. The van der Waals surface area contributed by atoms with Crippen molar-refractivity contribution in [3.8, 4) is 0 Å². The number of amides is 1. The van der Waals surface area contributed by atoms with E-state index < -0.39 is 0 Å². The summed E-state index contributed by atoms with van der Waals surface area (Å²) in [5.41, 5.74) is 0. The van der Waals surface area contributed by atoms with Gasteiger partial charge in [-0.3, -0.25) is 4.79 Å². The minimum absolute atomic E-state index is 0.118. The summed E-state index contributed by atoms with van der Waals surface area (Å²) in [6, 6.07) is -0.178. The van der Waals surface area contributed by atoms with Crippen LogP contribution in [0.4, 0.5) is 5.95 Å². The first-order valence-electron chi connectivity index (χ1n) is 6.68. The highest BCUT2D eigenvalue weighted by Crippen LogP contribution is 2.33. The zero-order valence-electron chi connectivity index (χ0n) is 12.1. The number of carbonyl (C=O) groups is 1. The summed E-state index contributed by atoms with van der Waals surface area (Å²) in [5, 5.41) is 12.9. The van der Waals surface area contributed by atoms with Crippen molar-refractivity contribution in [3.05, 3.63) is 15.9 Å². The van der Waals surface area contributed by atoms with Gasteiger partial charge in [0, 0.05) is 20.6 Å². The maximum atomic E-state index is 12.5. The monoisotopic (exact) mass is 308 g/mol. The first kappa shape index (κ1) is 13.9. The average Bonchev–Trinajstić information content (AvgIpc) is 3.17. The lowest BCUT2D eigenvalue weighted by atomic mass is 10.2. The molecular weight excluding hydrogens is 292 g/mol. The summed E-state index contributed by atoms with van der Waals surface area (Å²) in [4.78, 5) is 20.4. The lowest BCUT2D eigenvalue weighted by Crippen LogP contribution is -2.30. The Bertz CT molecular complexity index is 652. The summed E-state index contributed by atoms with van der Waals surface area (Å²) in [7, 11) is 3.69. The van der Waals surface area contributed by atoms with Gasteiger partial charge in [-0.1, -0.05) is 11.3 Å². The van der Waals surface area contributed by atoms with Crippen LogP contribution in [0, 0.1) is 6.92 Å². The second-order valence-corrected chi connectivity index (χ2v) is 6.29. The summed E-state index contributed by atoms with van der Waals surface area (Å²) < 4.78 is 5.30. The first-order chi connectivity index (χ1) is 10.1. The van der Waals surface area contributed by atoms with Crippen LogP contribution in [0.5, 0.6) is 0 Å². The van der Waals surface area contributed by atoms with Crippen molar-refractivity contribution in [2.75, 3.05) is 25.5 Å². The van der Waals surface area contributed by atoms with Gasteiger partial charge in [0.25, 0.3) is 17.7 Å². The van der Waals surface area contributed by atoms with E-state index in [1.165, 1.54) is 11.3 Å². The third-order valence-electron chi connectivity index (χ3n) is 3.34. The van der Waals surface area contributed by atoms with E-state index in [2.05, 4.69) is 20.3 Å². The number of anilines is 1. The van der Waals surface area contributed by atoms with Crippen molar-refractivity contribution in [1.82, 2.24) is 25.2 Å². The highest BCUT2D eigenvalue weighted by molar-refractivity contribution is 7.13. The zero-order valence-corrected chi connectivity index (χ0v) is 12.9. The maximum absolute atomic E-state index is 12.5. The van der Waals surface area contributed by atoms with Crippen LogP contribution in [-0.4, -0.2) is 51.8 Å². The van der Waals surface area contributed by atoms with Gasteiger partial charge < -0.3 is 14.3 Å². The molecule has 21 heavy (non-hydrogen) atoms. The molecule has 1 fully saturated rings. The maximum Gasteiger partial charge on any atom is 0.285 e. The van der Waals surface area contributed by atoms with E-state index in [9.17, 15) is 4.79 Å². The number of carbonyl (C=O) groups excluding carboxylic acids is 1. The van der Waals surface area contributed by atoms with Gasteiger partial charge in [-0.25, -0.2) is 0 Å². The van der Waals surface area contributed by atoms with Crippen LogP contribution in [-0.2, 0) is 0 Å². The van der Waals surface area contributed by atoms with Crippen molar-refractivity contribution in [2.24, 2.45) is 0 Å². The smallest absolute Gasteiger partial charge is 0.285 e. The van der Waals surface area contributed by atoms with Gasteiger partial charge >= 0.3 is 0 Å². The SMILES string of the molecule is Cc1nnc(C(=O)N2CCCC2c2nc(N(C)C)no2)s1. The van der Waals surface area contributed by atoms with Crippen molar-refractivity contribution in [1.29, 1.82) is 0 Å². The van der Waals surface area contributed by atoms with Gasteiger partial charge in [0.1, 0.15) is 11.0 Å². The minimum Gasteiger partial charge on any atom is -0.344 e. The molecule has 1 saturated heterocycles. The number of aromatic nitrogens is 4. The van der Waals surface area contributed by atoms with E-state index in [1.54, 1.807) is 9.80 Å². The Hall–Kier alpha value is -2.03. The predicted molar refractivity (Wildman–Crippen MR) is 76.3 cm³/mol. The Labute approximate surface area is 125 Å². The van der Waals surface area contributed by atoms with Crippen LogP contribution in [0.2, 0.25) is 0 Å². The Balaban J connectivity index is 1.83. The van der Waals surface area contributed by atoms with Gasteiger partial charge in [0.15, 0.2) is 0 Å². The second kappa shape index (κ2) is 5.40. The lowest BCUT2D eigenvalue weighted by Gasteiger charge is -2.20. The van der Waals surface area contributed by atoms with Gasteiger partial charge in [-0.05, 0) is 24.9 Å². The molecule has 0 aliphatic carbocycles. The molecule has 9 heteroatoms. The molecule has 1 atom stereocenters. The minimum atomic E-state index is -0.178. The Morgan fingerprint density at radius 3 is 2.86 bits per heavy atom. The third-order valence-corrected chi connectivity index (χ3v) is 4.17. The fourth-order valence-corrected chi connectivity index (χ4v) is 2.96. The van der Waals surface area contributed by atoms with Crippen LogP contribution >= 0.6 is 11.3 Å². The average molecular weight is 308 g/mol. The third kappa shape index (κ3) is 2.60. The molecule has 2 aromatic heterocycles. The number of hydrogen-bond donors (Lipinski definition) is 0. The number of likely N-dealkylation sites (tertiary alicyclic amines) is 1. The van der Waals surface area contributed by atoms with Crippen LogP contribution in [0.25, 0.3) is 0 Å². The van der Waals surface area contributed by atoms with Crippen molar-refractivity contribution in [2.45, 2.75) is 25.8 Å². The Kier molecular flexibility index (Phi) is 3.58. The summed E-state index contributed by atoms with van der Waals surface area (Å²) in [5.74, 6) is 0.870. The van der Waals surface area contributed by atoms with Crippen LogP contribution < -0.4 is 4.90 Å². The largest absolute Gasteiger partial charge is 0.344 e. The number of hydrogen-bond acceptors (Lipinski definition) is 8. The first-order valence-corrected chi connectivity index (χ1v) is 7.50. The zero-order chi connectivity index (χ0) is 15.0. The Morgan fingerprint density at radius 1 is 1.43 bits per heavy atom. The highest BCUT2D eigenvalue weighted by Gasteiger charge is 2.35. The molecule has 1 unspecified atom stereocenters. The number of aryl methyl sites for hydroxylation is 1. The molecule has 3 rings (SSSR count). The van der Waals surface area contributed by atoms with Crippen LogP contribution in [0.1, 0.15) is 39.6 Å². The molecule has 1 aliphatic heterocycles. The molecule has 0 bridgehead atoms. The van der Waals surface area contributed by atoms with Crippen molar-refractivity contribution >= 4 is 23.2 Å². The van der Waals surface area contributed by atoms with Crippen molar-refractivity contribution < 1.29 is 9.32 Å². The topological polar surface area (TPSA) is 88.3 Å². The van der Waals surface area contributed by atoms with E-state index >= 15 is 0 Å². The molecule has 1 aliphatic rings. The van der Waals surface area contributed by atoms with E-state index in [4.69, 9.17) is 4.52 Å². The van der Waals surface area contributed by atoms with Gasteiger partial charge in [-0.2, -0.15) is 4.98 Å². The van der Waals surface area contributed by atoms with Gasteiger partial charge in [-0.15, -0.1) is 10.2 Å². The van der Waals surface area contributed by atoms with Crippen molar-refractivity contribution in [3.63, 3.8) is 0 Å². The molecule has 112 valence electrons. The van der Waals surface area contributed by atoms with E-state index in [0.717, 1.165) is 17.8 Å². The molecule has 3 heterocycles. The molecular formula is C12H16N6O2S. The summed E-state index contributed by atoms with van der Waals surface area (Å²) in [6.45, 7) is 2.50. The van der Waals surface area contributed by atoms with Gasteiger partial charge in [0.05, 0.1) is 0 Å². The molecule has 0 radical (unpaired) electrons. The van der Waals surface area contributed by atoms with E-state index in [-0.39, 0.29) is 11.9 Å². The second-order valence-electron chi connectivity index (χ2n) is 5.11. The normalized spacial score (nSPS) is 18.2. The fraction of sp³-hybridized carbons (Fsp3) is 0.583. The standard InChI is InChI=1S/C12H16N6O2S/c1-7-14-15-10(21-7)11(19)18-6-4-5-8(18)9-13-12(16-20-9)17(2)3/h8H,4-6H2,1-3H3. The highest BCUT2D eigenvalue weighted by atomic mass is 32.1. The van der Waals surface area contributed by atoms with E-state index in [1.807, 2.05) is 21.0 Å². The van der Waals surface area contributed by atoms with Crippen LogP contribution in [0.15, 0.2) is 4.52 Å². The van der Waals surface area contributed by atoms with E-state index in [0.29, 0.717) is 23.4 Å². The molecule has 1 amide bonds. The molecule has 0 N–H and O–H groups in total. The molecule has 0 saturated carbocycles. The predicted octanol–water partition coefficient (Wildman–Crippen LogP) is 1.27. The number of nitrogens with zero attached hydrogens (tertiary/aromatic N) is 6.